The number of aromatic amines is 1. The Kier molecular flexibility index (Phi) is 4.69. The highest BCUT2D eigenvalue weighted by atomic mass is 32.1. The lowest BCUT2D eigenvalue weighted by Gasteiger charge is -2.13. The number of rotatable bonds is 5. The summed E-state index contributed by atoms with van der Waals surface area (Å²) in [7, 11) is 3.34. The standard InChI is InChI=1S/C22H20N2O2S/c1-14-17(25-2)12-11-16(21(14)26-3)22-23-19(15-8-5-4-6-9-15)20(24-22)18-10-7-13-27-18/h4-13H,1-3H3,(H,23,24). The molecule has 4 aromatic rings. The van der Waals surface area contributed by atoms with Crippen LogP contribution < -0.4 is 9.47 Å². The van der Waals surface area contributed by atoms with Crippen molar-refractivity contribution in [2.75, 3.05) is 14.2 Å². The Bertz CT molecular complexity index is 1050. The summed E-state index contributed by atoms with van der Waals surface area (Å²) < 4.78 is 11.1. The molecule has 0 saturated heterocycles. The summed E-state index contributed by atoms with van der Waals surface area (Å²) >= 11 is 1.69. The molecule has 0 aliphatic carbocycles. The number of nitrogens with one attached hydrogen (secondary N) is 1. The van der Waals surface area contributed by atoms with Crippen molar-refractivity contribution in [3.05, 3.63) is 65.5 Å². The van der Waals surface area contributed by atoms with Crippen LogP contribution in [0, 0.1) is 6.92 Å². The Morgan fingerprint density at radius 2 is 1.74 bits per heavy atom. The number of methoxy groups -OCH3 is 2. The van der Waals surface area contributed by atoms with Gasteiger partial charge in [-0.3, -0.25) is 0 Å². The smallest absolute Gasteiger partial charge is 0.142 e. The van der Waals surface area contributed by atoms with Gasteiger partial charge in [-0.2, -0.15) is 0 Å². The maximum Gasteiger partial charge on any atom is 0.142 e. The molecule has 0 fully saturated rings. The molecule has 0 spiro atoms. The van der Waals surface area contributed by atoms with Gasteiger partial charge in [-0.1, -0.05) is 36.4 Å². The molecular weight excluding hydrogens is 356 g/mol. The molecule has 0 bridgehead atoms. The van der Waals surface area contributed by atoms with E-state index in [1.54, 1.807) is 25.6 Å². The molecular formula is C22H20N2O2S. The van der Waals surface area contributed by atoms with Crippen molar-refractivity contribution in [1.82, 2.24) is 9.97 Å². The zero-order valence-electron chi connectivity index (χ0n) is 15.4. The molecule has 2 heterocycles. The van der Waals surface area contributed by atoms with E-state index in [9.17, 15) is 0 Å². The number of thiophene rings is 1. The van der Waals surface area contributed by atoms with Crippen molar-refractivity contribution in [3.63, 3.8) is 0 Å². The third-order valence-corrected chi connectivity index (χ3v) is 5.44. The summed E-state index contributed by atoms with van der Waals surface area (Å²) in [5.74, 6) is 2.34. The molecule has 0 atom stereocenters. The van der Waals surface area contributed by atoms with Gasteiger partial charge >= 0.3 is 0 Å². The van der Waals surface area contributed by atoms with E-state index in [2.05, 4.69) is 28.6 Å². The first-order valence-corrected chi connectivity index (χ1v) is 9.52. The van der Waals surface area contributed by atoms with E-state index in [1.807, 2.05) is 43.3 Å². The van der Waals surface area contributed by atoms with Gasteiger partial charge in [0.25, 0.3) is 0 Å². The summed E-state index contributed by atoms with van der Waals surface area (Å²) in [6, 6.07) is 18.3. The van der Waals surface area contributed by atoms with E-state index < -0.39 is 0 Å². The number of ether oxygens (including phenoxy) is 2. The molecule has 2 aromatic carbocycles. The molecule has 0 aliphatic rings. The Labute approximate surface area is 162 Å². The van der Waals surface area contributed by atoms with Gasteiger partial charge in [0.05, 0.1) is 36.0 Å². The van der Waals surface area contributed by atoms with Crippen LogP contribution in [0.3, 0.4) is 0 Å². The molecule has 2 aromatic heterocycles. The molecule has 0 aliphatic heterocycles. The molecule has 136 valence electrons. The molecule has 0 saturated carbocycles. The topological polar surface area (TPSA) is 47.1 Å². The van der Waals surface area contributed by atoms with Gasteiger partial charge in [-0.05, 0) is 30.5 Å². The molecule has 0 amide bonds. The first-order chi connectivity index (χ1) is 13.2. The minimum Gasteiger partial charge on any atom is -0.496 e. The summed E-state index contributed by atoms with van der Waals surface area (Å²) in [4.78, 5) is 9.61. The second-order valence-corrected chi connectivity index (χ2v) is 7.07. The van der Waals surface area contributed by atoms with Gasteiger partial charge in [0, 0.05) is 11.1 Å². The maximum absolute atomic E-state index is 5.68. The van der Waals surface area contributed by atoms with Crippen LogP contribution in [0.1, 0.15) is 5.56 Å². The lowest BCUT2D eigenvalue weighted by molar-refractivity contribution is 0.389. The molecule has 1 N–H and O–H groups in total. The van der Waals surface area contributed by atoms with Crippen molar-refractivity contribution in [1.29, 1.82) is 0 Å². The monoisotopic (exact) mass is 376 g/mol. The van der Waals surface area contributed by atoms with Crippen molar-refractivity contribution in [3.8, 4) is 44.7 Å². The number of nitrogens with zero attached hydrogens (tertiary/aromatic N) is 1. The zero-order chi connectivity index (χ0) is 18.8. The fourth-order valence-electron chi connectivity index (χ4n) is 3.25. The molecule has 4 nitrogen and oxygen atoms in total. The third kappa shape index (κ3) is 3.11. The second kappa shape index (κ2) is 7.29. The normalized spacial score (nSPS) is 10.8. The number of hydrogen-bond donors (Lipinski definition) is 1. The lowest BCUT2D eigenvalue weighted by Crippen LogP contribution is -1.96. The lowest BCUT2D eigenvalue weighted by atomic mass is 10.1. The highest BCUT2D eigenvalue weighted by molar-refractivity contribution is 7.13. The predicted octanol–water partition coefficient (Wildman–Crippen LogP) is 5.80. The van der Waals surface area contributed by atoms with Crippen molar-refractivity contribution >= 4 is 11.3 Å². The van der Waals surface area contributed by atoms with Gasteiger partial charge in [-0.25, -0.2) is 4.98 Å². The Balaban J connectivity index is 1.92. The minimum atomic E-state index is 0.764. The van der Waals surface area contributed by atoms with Gasteiger partial charge in [0.1, 0.15) is 17.3 Å². The molecule has 5 heteroatoms. The van der Waals surface area contributed by atoms with Crippen molar-refractivity contribution in [2.45, 2.75) is 6.92 Å². The predicted molar refractivity (Wildman–Crippen MR) is 111 cm³/mol. The number of imidazole rings is 1. The Morgan fingerprint density at radius 1 is 0.926 bits per heavy atom. The van der Waals surface area contributed by atoms with Gasteiger partial charge in [-0.15, -0.1) is 11.3 Å². The van der Waals surface area contributed by atoms with E-state index in [0.717, 1.165) is 50.3 Å². The summed E-state index contributed by atoms with van der Waals surface area (Å²) in [6.07, 6.45) is 0. The third-order valence-electron chi connectivity index (χ3n) is 4.55. The van der Waals surface area contributed by atoms with Crippen LogP contribution in [0.15, 0.2) is 60.0 Å². The van der Waals surface area contributed by atoms with E-state index in [4.69, 9.17) is 14.5 Å². The van der Waals surface area contributed by atoms with Crippen LogP contribution in [-0.2, 0) is 0 Å². The van der Waals surface area contributed by atoms with Crippen LogP contribution in [0.5, 0.6) is 11.5 Å². The molecule has 4 rings (SSSR count). The molecule has 0 radical (unpaired) electrons. The summed E-state index contributed by atoms with van der Waals surface area (Å²) in [5, 5.41) is 2.07. The van der Waals surface area contributed by atoms with E-state index in [1.165, 1.54) is 0 Å². The zero-order valence-corrected chi connectivity index (χ0v) is 16.3. The number of hydrogen-bond acceptors (Lipinski definition) is 4. The van der Waals surface area contributed by atoms with Crippen LogP contribution in [-0.4, -0.2) is 24.2 Å². The number of benzene rings is 2. The second-order valence-electron chi connectivity index (χ2n) is 6.13. The summed E-state index contributed by atoms with van der Waals surface area (Å²) in [6.45, 7) is 1.99. The van der Waals surface area contributed by atoms with Crippen LogP contribution in [0.25, 0.3) is 33.2 Å². The fourth-order valence-corrected chi connectivity index (χ4v) is 3.98. The van der Waals surface area contributed by atoms with E-state index in [0.29, 0.717) is 0 Å². The average Bonchev–Trinajstić information content (AvgIpc) is 3.38. The molecule has 0 unspecified atom stereocenters. The Morgan fingerprint density at radius 3 is 2.41 bits per heavy atom. The van der Waals surface area contributed by atoms with Crippen LogP contribution >= 0.6 is 11.3 Å². The highest BCUT2D eigenvalue weighted by Gasteiger charge is 2.20. The Hall–Kier alpha value is -3.05. The largest absolute Gasteiger partial charge is 0.496 e. The van der Waals surface area contributed by atoms with Gasteiger partial charge in [0.15, 0.2) is 0 Å². The van der Waals surface area contributed by atoms with Gasteiger partial charge < -0.3 is 14.5 Å². The maximum atomic E-state index is 5.68. The van der Waals surface area contributed by atoms with Crippen molar-refractivity contribution in [2.24, 2.45) is 0 Å². The SMILES string of the molecule is COc1ccc(-c2nc(-c3ccccc3)c(-c3cccs3)[nH]2)c(OC)c1C. The first-order valence-electron chi connectivity index (χ1n) is 8.64. The van der Waals surface area contributed by atoms with Crippen molar-refractivity contribution < 1.29 is 9.47 Å². The number of H-pyrrole nitrogens is 1. The van der Waals surface area contributed by atoms with E-state index in [-0.39, 0.29) is 0 Å². The van der Waals surface area contributed by atoms with Crippen LogP contribution in [0.4, 0.5) is 0 Å². The van der Waals surface area contributed by atoms with E-state index >= 15 is 0 Å². The highest BCUT2D eigenvalue weighted by Crippen LogP contribution is 2.40. The number of aromatic nitrogens is 2. The fraction of sp³-hybridized carbons (Fsp3) is 0.136. The average molecular weight is 376 g/mol. The quantitative estimate of drug-likeness (QED) is 0.479. The first kappa shape index (κ1) is 17.4. The van der Waals surface area contributed by atoms with Gasteiger partial charge in [0.2, 0.25) is 0 Å². The minimum absolute atomic E-state index is 0.764. The van der Waals surface area contributed by atoms with Crippen LogP contribution in [0.2, 0.25) is 0 Å². The molecule has 27 heavy (non-hydrogen) atoms. The summed E-state index contributed by atoms with van der Waals surface area (Å²) in [5.41, 5.74) is 4.89.